The molecule has 0 fully saturated rings. The molecular formula is C21H22ClN5O2S. The Morgan fingerprint density at radius 2 is 1.90 bits per heavy atom. The van der Waals surface area contributed by atoms with Crippen molar-refractivity contribution in [3.8, 4) is 17.1 Å². The summed E-state index contributed by atoms with van der Waals surface area (Å²) >= 11 is 7.25. The molecule has 0 aliphatic heterocycles. The maximum absolute atomic E-state index is 12.1. The van der Waals surface area contributed by atoms with Crippen LogP contribution in [0.4, 0.5) is 4.79 Å². The Labute approximate surface area is 184 Å². The number of hydrogen-bond acceptors (Lipinski definition) is 5. The fraction of sp³-hybridized carbons (Fsp3) is 0.238. The highest BCUT2D eigenvalue weighted by Gasteiger charge is 2.18. The Hall–Kier alpha value is -2.84. The molecule has 30 heavy (non-hydrogen) atoms. The van der Waals surface area contributed by atoms with Crippen molar-refractivity contribution >= 4 is 35.3 Å². The summed E-state index contributed by atoms with van der Waals surface area (Å²) in [5, 5.41) is 14.7. The third-order valence-corrected chi connectivity index (χ3v) is 5.30. The van der Waals surface area contributed by atoms with Gasteiger partial charge in [0.2, 0.25) is 5.91 Å². The summed E-state index contributed by atoms with van der Waals surface area (Å²) in [6.45, 7) is 4.46. The molecule has 0 saturated carbocycles. The van der Waals surface area contributed by atoms with Gasteiger partial charge in [0.1, 0.15) is 0 Å². The van der Waals surface area contributed by atoms with Crippen molar-refractivity contribution in [2.24, 2.45) is 0 Å². The number of aryl methyl sites for hydroxylation is 1. The first-order chi connectivity index (χ1) is 14.5. The van der Waals surface area contributed by atoms with Crippen molar-refractivity contribution in [1.82, 2.24) is 25.4 Å². The number of aromatic nitrogens is 3. The third-order valence-electron chi connectivity index (χ3n) is 4.12. The number of imide groups is 1. The molecule has 9 heteroatoms. The van der Waals surface area contributed by atoms with Gasteiger partial charge in [-0.25, -0.2) is 4.79 Å². The molecule has 1 heterocycles. The van der Waals surface area contributed by atoms with E-state index in [1.165, 1.54) is 11.8 Å². The number of nitrogens with one attached hydrogen (secondary N) is 2. The summed E-state index contributed by atoms with van der Waals surface area (Å²) in [5.74, 6) is 0.278. The lowest BCUT2D eigenvalue weighted by atomic mass is 10.1. The molecule has 7 nitrogen and oxygen atoms in total. The van der Waals surface area contributed by atoms with Gasteiger partial charge in [0.25, 0.3) is 0 Å². The van der Waals surface area contributed by atoms with Gasteiger partial charge in [-0.2, -0.15) is 0 Å². The minimum atomic E-state index is -0.498. The molecule has 0 aliphatic rings. The van der Waals surface area contributed by atoms with Crippen LogP contribution in [0.15, 0.2) is 53.7 Å². The monoisotopic (exact) mass is 443 g/mol. The lowest BCUT2D eigenvalue weighted by Crippen LogP contribution is -2.40. The van der Waals surface area contributed by atoms with Gasteiger partial charge in [0.05, 0.1) is 5.75 Å². The summed E-state index contributed by atoms with van der Waals surface area (Å²) in [6.07, 6.45) is 0.794. The van der Waals surface area contributed by atoms with E-state index in [1.807, 2.05) is 54.8 Å². The van der Waals surface area contributed by atoms with Crippen LogP contribution in [0.3, 0.4) is 0 Å². The van der Waals surface area contributed by atoms with Crippen LogP contribution in [-0.2, 0) is 4.79 Å². The minimum absolute atomic E-state index is 0.0269. The number of carbonyl (C=O) groups is 2. The first-order valence-corrected chi connectivity index (χ1v) is 10.8. The van der Waals surface area contributed by atoms with Gasteiger partial charge >= 0.3 is 6.03 Å². The van der Waals surface area contributed by atoms with E-state index < -0.39 is 11.9 Å². The first-order valence-electron chi connectivity index (χ1n) is 9.47. The maximum atomic E-state index is 12.1. The van der Waals surface area contributed by atoms with Crippen LogP contribution >= 0.6 is 23.4 Å². The van der Waals surface area contributed by atoms with Crippen molar-refractivity contribution in [2.75, 3.05) is 12.3 Å². The zero-order chi connectivity index (χ0) is 21.5. The lowest BCUT2D eigenvalue weighted by Gasteiger charge is -2.11. The van der Waals surface area contributed by atoms with E-state index in [4.69, 9.17) is 11.6 Å². The van der Waals surface area contributed by atoms with Gasteiger partial charge in [-0.15, -0.1) is 10.2 Å². The summed E-state index contributed by atoms with van der Waals surface area (Å²) < 4.78 is 1.88. The summed E-state index contributed by atoms with van der Waals surface area (Å²) in [4.78, 5) is 23.8. The van der Waals surface area contributed by atoms with Crippen molar-refractivity contribution in [1.29, 1.82) is 0 Å². The SMILES string of the molecule is CCCNC(=O)NC(=O)CSc1nnc(-c2cccc(C)c2)n1-c1ccc(Cl)cc1. The zero-order valence-electron chi connectivity index (χ0n) is 16.7. The second-order valence-electron chi connectivity index (χ2n) is 6.58. The number of thioether (sulfide) groups is 1. The van der Waals surface area contributed by atoms with Crippen LogP contribution in [0.5, 0.6) is 0 Å². The Bertz CT molecular complexity index is 1040. The quantitative estimate of drug-likeness (QED) is 0.533. The Morgan fingerprint density at radius 3 is 2.60 bits per heavy atom. The molecule has 0 spiro atoms. The van der Waals surface area contributed by atoms with E-state index in [0.29, 0.717) is 22.5 Å². The van der Waals surface area contributed by atoms with E-state index >= 15 is 0 Å². The molecule has 0 radical (unpaired) electrons. The average molecular weight is 444 g/mol. The van der Waals surface area contributed by atoms with Crippen LogP contribution in [0.1, 0.15) is 18.9 Å². The van der Waals surface area contributed by atoms with E-state index in [0.717, 1.165) is 23.2 Å². The van der Waals surface area contributed by atoms with Crippen LogP contribution < -0.4 is 10.6 Å². The fourth-order valence-electron chi connectivity index (χ4n) is 2.73. The van der Waals surface area contributed by atoms with Gasteiger partial charge in [-0.1, -0.05) is 54.0 Å². The number of rotatable bonds is 7. The molecule has 1 aromatic heterocycles. The number of hydrogen-bond donors (Lipinski definition) is 2. The number of benzene rings is 2. The predicted octanol–water partition coefficient (Wildman–Crippen LogP) is 4.22. The largest absolute Gasteiger partial charge is 0.338 e. The molecule has 3 aromatic rings. The Balaban J connectivity index is 1.85. The molecule has 3 rings (SSSR count). The van der Waals surface area contributed by atoms with E-state index in [1.54, 1.807) is 12.1 Å². The number of amides is 3. The maximum Gasteiger partial charge on any atom is 0.321 e. The predicted molar refractivity (Wildman–Crippen MR) is 119 cm³/mol. The van der Waals surface area contributed by atoms with E-state index in [9.17, 15) is 9.59 Å². The highest BCUT2D eigenvalue weighted by Crippen LogP contribution is 2.29. The standard InChI is InChI=1S/C21H22ClN5O2S/c1-3-11-23-20(29)24-18(28)13-30-21-26-25-19(15-6-4-5-14(2)12-15)27(21)17-9-7-16(22)8-10-17/h4-10,12H,3,11,13H2,1-2H3,(H2,23,24,28,29). The molecule has 0 bridgehead atoms. The van der Waals surface area contributed by atoms with E-state index in [2.05, 4.69) is 20.8 Å². The van der Waals surface area contributed by atoms with Crippen molar-refractivity contribution in [3.05, 3.63) is 59.1 Å². The van der Waals surface area contributed by atoms with Crippen molar-refractivity contribution in [3.63, 3.8) is 0 Å². The zero-order valence-corrected chi connectivity index (χ0v) is 18.3. The Kier molecular flexibility index (Phi) is 7.48. The fourth-order valence-corrected chi connectivity index (χ4v) is 3.61. The van der Waals surface area contributed by atoms with Crippen LogP contribution in [0, 0.1) is 6.92 Å². The van der Waals surface area contributed by atoms with Gasteiger partial charge in [-0.05, 0) is 43.7 Å². The second kappa shape index (κ2) is 10.3. The summed E-state index contributed by atoms with van der Waals surface area (Å²) in [6, 6.07) is 14.8. The summed E-state index contributed by atoms with van der Waals surface area (Å²) in [7, 11) is 0. The third kappa shape index (κ3) is 5.61. The number of carbonyl (C=O) groups excluding carboxylic acids is 2. The molecule has 2 N–H and O–H groups in total. The molecule has 0 aliphatic carbocycles. The molecule has 0 saturated heterocycles. The minimum Gasteiger partial charge on any atom is -0.338 e. The Morgan fingerprint density at radius 1 is 1.13 bits per heavy atom. The summed E-state index contributed by atoms with van der Waals surface area (Å²) in [5.41, 5.74) is 2.84. The normalized spacial score (nSPS) is 10.6. The van der Waals surface area contributed by atoms with E-state index in [-0.39, 0.29) is 5.75 Å². The molecule has 2 aromatic carbocycles. The number of urea groups is 1. The van der Waals surface area contributed by atoms with Gasteiger partial charge < -0.3 is 5.32 Å². The van der Waals surface area contributed by atoms with Gasteiger partial charge in [0, 0.05) is 22.8 Å². The molecule has 0 atom stereocenters. The number of nitrogens with zero attached hydrogens (tertiary/aromatic N) is 3. The lowest BCUT2D eigenvalue weighted by molar-refractivity contribution is -0.117. The molecule has 3 amide bonds. The molecule has 0 unspecified atom stereocenters. The highest BCUT2D eigenvalue weighted by molar-refractivity contribution is 7.99. The van der Waals surface area contributed by atoms with Gasteiger partial charge in [-0.3, -0.25) is 14.7 Å². The molecular weight excluding hydrogens is 422 g/mol. The van der Waals surface area contributed by atoms with Crippen LogP contribution in [0.25, 0.3) is 17.1 Å². The number of halogens is 1. The van der Waals surface area contributed by atoms with Crippen LogP contribution in [-0.4, -0.2) is 39.0 Å². The smallest absolute Gasteiger partial charge is 0.321 e. The van der Waals surface area contributed by atoms with Crippen molar-refractivity contribution < 1.29 is 9.59 Å². The average Bonchev–Trinajstić information content (AvgIpc) is 3.15. The second-order valence-corrected chi connectivity index (χ2v) is 7.96. The topological polar surface area (TPSA) is 88.9 Å². The highest BCUT2D eigenvalue weighted by atomic mass is 35.5. The first kappa shape index (κ1) is 21.9. The van der Waals surface area contributed by atoms with Crippen molar-refractivity contribution in [2.45, 2.75) is 25.4 Å². The van der Waals surface area contributed by atoms with Gasteiger partial charge in [0.15, 0.2) is 11.0 Å². The molecule has 156 valence electrons. The van der Waals surface area contributed by atoms with Crippen LogP contribution in [0.2, 0.25) is 5.02 Å².